The molecule has 1 aliphatic heterocycles. The van der Waals surface area contributed by atoms with Crippen LogP contribution in [0.25, 0.3) is 10.8 Å². The number of benzene rings is 1. The van der Waals surface area contributed by atoms with Crippen molar-refractivity contribution in [1.29, 1.82) is 0 Å². The van der Waals surface area contributed by atoms with Gasteiger partial charge in [0.2, 0.25) is 10.0 Å². The predicted octanol–water partition coefficient (Wildman–Crippen LogP) is 1.59. The maximum absolute atomic E-state index is 13.1. The van der Waals surface area contributed by atoms with Gasteiger partial charge >= 0.3 is 0 Å². The summed E-state index contributed by atoms with van der Waals surface area (Å²) in [5, 5.41) is 1.58. The van der Waals surface area contributed by atoms with E-state index in [9.17, 15) is 8.42 Å². The molecular weight excluding hydrogens is 298 g/mol. The summed E-state index contributed by atoms with van der Waals surface area (Å²) in [5.74, 6) is 0.729. The maximum Gasteiger partial charge on any atom is 0.243 e. The zero-order valence-electron chi connectivity index (χ0n) is 12.2. The Morgan fingerprint density at radius 3 is 2.86 bits per heavy atom. The van der Waals surface area contributed by atoms with E-state index in [4.69, 9.17) is 5.73 Å². The fourth-order valence-electron chi connectivity index (χ4n) is 3.92. The second kappa shape index (κ2) is 5.01. The molecule has 1 aromatic carbocycles. The summed E-state index contributed by atoms with van der Waals surface area (Å²) in [4.78, 5) is 4.44. The molecule has 5 nitrogen and oxygen atoms in total. The van der Waals surface area contributed by atoms with E-state index in [0.717, 1.165) is 23.6 Å². The van der Waals surface area contributed by atoms with Crippen LogP contribution in [0.15, 0.2) is 41.6 Å². The van der Waals surface area contributed by atoms with Crippen molar-refractivity contribution in [2.45, 2.75) is 23.8 Å². The van der Waals surface area contributed by atoms with Crippen molar-refractivity contribution in [3.8, 4) is 0 Å². The van der Waals surface area contributed by atoms with Crippen LogP contribution in [0.3, 0.4) is 0 Å². The highest BCUT2D eigenvalue weighted by Gasteiger charge is 2.45. The number of aromatic nitrogens is 1. The Bertz CT molecular complexity index is 816. The molecule has 1 aliphatic carbocycles. The quantitative estimate of drug-likeness (QED) is 0.912. The molecule has 0 bridgehead atoms. The minimum absolute atomic E-state index is 0.141. The predicted molar refractivity (Wildman–Crippen MR) is 84.7 cm³/mol. The standard InChI is InChI=1S/C16H19N3O2S/c17-15-5-4-12-9-19(10-14(12)15)22(20,21)16-3-1-2-11-8-18-7-6-13(11)16/h1-3,6-8,12,14-15H,4-5,9-10,17H2. The van der Waals surface area contributed by atoms with E-state index in [-0.39, 0.29) is 6.04 Å². The lowest BCUT2D eigenvalue weighted by Gasteiger charge is -2.19. The monoisotopic (exact) mass is 317 g/mol. The fourth-order valence-corrected chi connectivity index (χ4v) is 5.67. The van der Waals surface area contributed by atoms with Gasteiger partial charge in [0.1, 0.15) is 0 Å². The minimum atomic E-state index is -3.48. The molecule has 1 aromatic heterocycles. The average Bonchev–Trinajstić information content (AvgIpc) is 3.10. The molecule has 2 fully saturated rings. The number of hydrogen-bond acceptors (Lipinski definition) is 4. The first-order valence-corrected chi connectivity index (χ1v) is 9.10. The first-order valence-electron chi connectivity index (χ1n) is 7.66. The molecule has 3 atom stereocenters. The molecule has 0 radical (unpaired) electrons. The first kappa shape index (κ1) is 14.1. The zero-order chi connectivity index (χ0) is 15.3. The highest BCUT2D eigenvalue weighted by Crippen LogP contribution is 2.39. The number of pyridine rings is 1. The molecular formula is C16H19N3O2S. The topological polar surface area (TPSA) is 76.3 Å². The fraction of sp³-hybridized carbons (Fsp3) is 0.438. The van der Waals surface area contributed by atoms with Gasteiger partial charge in [-0.1, -0.05) is 12.1 Å². The van der Waals surface area contributed by atoms with Crippen molar-refractivity contribution in [3.05, 3.63) is 36.7 Å². The lowest BCUT2D eigenvalue weighted by Crippen LogP contribution is -2.33. The van der Waals surface area contributed by atoms with E-state index in [1.807, 2.05) is 6.07 Å². The molecule has 3 unspecified atom stereocenters. The van der Waals surface area contributed by atoms with E-state index >= 15 is 0 Å². The number of fused-ring (bicyclic) bond motifs is 2. The van der Waals surface area contributed by atoms with Crippen molar-refractivity contribution in [1.82, 2.24) is 9.29 Å². The second-order valence-corrected chi connectivity index (χ2v) is 8.25. The summed E-state index contributed by atoms with van der Waals surface area (Å²) in [5.41, 5.74) is 6.12. The van der Waals surface area contributed by atoms with Gasteiger partial charge in [-0.2, -0.15) is 4.31 Å². The van der Waals surface area contributed by atoms with E-state index in [0.29, 0.717) is 29.8 Å². The molecule has 2 heterocycles. The van der Waals surface area contributed by atoms with Crippen molar-refractivity contribution in [2.24, 2.45) is 17.6 Å². The van der Waals surface area contributed by atoms with Gasteiger partial charge in [-0.25, -0.2) is 8.42 Å². The van der Waals surface area contributed by atoms with Gasteiger partial charge in [0, 0.05) is 42.3 Å². The Morgan fingerprint density at radius 2 is 2.05 bits per heavy atom. The Hall–Kier alpha value is -1.50. The van der Waals surface area contributed by atoms with Gasteiger partial charge < -0.3 is 5.73 Å². The molecule has 2 aromatic rings. The molecule has 4 rings (SSSR count). The van der Waals surface area contributed by atoms with Crippen molar-refractivity contribution in [3.63, 3.8) is 0 Å². The molecule has 2 N–H and O–H groups in total. The molecule has 1 saturated heterocycles. The summed E-state index contributed by atoms with van der Waals surface area (Å²) in [6.45, 7) is 1.15. The lowest BCUT2D eigenvalue weighted by atomic mass is 9.98. The summed E-state index contributed by atoms with van der Waals surface area (Å²) in [7, 11) is -3.48. The third-order valence-electron chi connectivity index (χ3n) is 5.14. The van der Waals surface area contributed by atoms with Gasteiger partial charge in [0.05, 0.1) is 4.90 Å². The third kappa shape index (κ3) is 2.06. The van der Waals surface area contributed by atoms with Crippen LogP contribution in [0.5, 0.6) is 0 Å². The second-order valence-electron chi connectivity index (χ2n) is 6.34. The highest BCUT2D eigenvalue weighted by molar-refractivity contribution is 7.89. The average molecular weight is 317 g/mol. The molecule has 116 valence electrons. The smallest absolute Gasteiger partial charge is 0.243 e. The number of sulfonamides is 1. The van der Waals surface area contributed by atoms with Crippen LogP contribution in [0, 0.1) is 11.8 Å². The van der Waals surface area contributed by atoms with Gasteiger partial charge in [-0.3, -0.25) is 4.98 Å². The number of nitrogens with zero attached hydrogens (tertiary/aromatic N) is 2. The van der Waals surface area contributed by atoms with Crippen molar-refractivity contribution >= 4 is 20.8 Å². The van der Waals surface area contributed by atoms with Crippen molar-refractivity contribution in [2.75, 3.05) is 13.1 Å². The Labute approximate surface area is 130 Å². The zero-order valence-corrected chi connectivity index (χ0v) is 13.0. The van der Waals surface area contributed by atoms with Gasteiger partial charge in [-0.05, 0) is 36.8 Å². The lowest BCUT2D eigenvalue weighted by molar-refractivity contribution is 0.427. The summed E-state index contributed by atoms with van der Waals surface area (Å²) < 4.78 is 27.7. The SMILES string of the molecule is NC1CCC2CN(S(=O)(=O)c3cccc4cnccc34)CC12. The Balaban J connectivity index is 1.75. The molecule has 1 saturated carbocycles. The van der Waals surface area contributed by atoms with E-state index in [2.05, 4.69) is 4.98 Å². The van der Waals surface area contributed by atoms with Crippen molar-refractivity contribution < 1.29 is 8.42 Å². The number of hydrogen-bond donors (Lipinski definition) is 1. The maximum atomic E-state index is 13.1. The van der Waals surface area contributed by atoms with Crippen LogP contribution in [0.4, 0.5) is 0 Å². The molecule has 22 heavy (non-hydrogen) atoms. The molecule has 6 heteroatoms. The van der Waals surface area contributed by atoms with E-state index in [1.165, 1.54) is 0 Å². The number of rotatable bonds is 2. The third-order valence-corrected chi connectivity index (χ3v) is 7.03. The minimum Gasteiger partial charge on any atom is -0.327 e. The molecule has 2 aliphatic rings. The van der Waals surface area contributed by atoms with Crippen LogP contribution in [0.1, 0.15) is 12.8 Å². The Morgan fingerprint density at radius 1 is 1.18 bits per heavy atom. The van der Waals surface area contributed by atoms with Crippen LogP contribution >= 0.6 is 0 Å². The highest BCUT2D eigenvalue weighted by atomic mass is 32.2. The Kier molecular flexibility index (Phi) is 3.21. The summed E-state index contributed by atoms with van der Waals surface area (Å²) >= 11 is 0. The van der Waals surface area contributed by atoms with Crippen LogP contribution in [-0.2, 0) is 10.0 Å². The van der Waals surface area contributed by atoms with Gasteiger partial charge in [0.15, 0.2) is 0 Å². The van der Waals surface area contributed by atoms with Gasteiger partial charge in [-0.15, -0.1) is 0 Å². The number of nitrogens with two attached hydrogens (primary N) is 1. The van der Waals surface area contributed by atoms with E-state index in [1.54, 1.807) is 34.9 Å². The normalized spacial score (nSPS) is 29.0. The van der Waals surface area contributed by atoms with Gasteiger partial charge in [0.25, 0.3) is 0 Å². The summed E-state index contributed by atoms with van der Waals surface area (Å²) in [6, 6.07) is 7.26. The largest absolute Gasteiger partial charge is 0.327 e. The molecule has 0 spiro atoms. The van der Waals surface area contributed by atoms with Crippen LogP contribution in [0.2, 0.25) is 0 Å². The molecule has 0 amide bonds. The summed E-state index contributed by atoms with van der Waals surface area (Å²) in [6.07, 6.45) is 5.39. The van der Waals surface area contributed by atoms with Crippen LogP contribution < -0.4 is 5.73 Å². The first-order chi connectivity index (χ1) is 10.6. The van der Waals surface area contributed by atoms with E-state index < -0.39 is 10.0 Å². The van der Waals surface area contributed by atoms with Crippen LogP contribution in [-0.4, -0.2) is 36.8 Å².